The molecule has 0 bridgehead atoms. The molecule has 0 atom stereocenters. The molecule has 0 spiro atoms. The number of aromatic nitrogens is 2. The Morgan fingerprint density at radius 2 is 2.06 bits per heavy atom. The third-order valence-electron chi connectivity index (χ3n) is 2.90. The predicted molar refractivity (Wildman–Crippen MR) is 74.0 cm³/mol. The van der Waals surface area contributed by atoms with Gasteiger partial charge in [-0.1, -0.05) is 23.5 Å². The van der Waals surface area contributed by atoms with E-state index in [4.69, 9.17) is 12.2 Å². The van der Waals surface area contributed by atoms with Crippen LogP contribution in [-0.2, 0) is 0 Å². The van der Waals surface area contributed by atoms with Crippen LogP contribution < -0.4 is 9.80 Å². The Kier molecular flexibility index (Phi) is 2.60. The summed E-state index contributed by atoms with van der Waals surface area (Å²) in [5, 5.41) is 8.04. The molecule has 6 heteroatoms. The van der Waals surface area contributed by atoms with Crippen molar-refractivity contribution in [1.82, 2.24) is 10.2 Å². The summed E-state index contributed by atoms with van der Waals surface area (Å²) < 4.78 is 0.719. The third kappa shape index (κ3) is 1.83. The summed E-state index contributed by atoms with van der Waals surface area (Å²) in [5.41, 5.74) is 2.43. The fourth-order valence-corrected chi connectivity index (χ4v) is 2.96. The van der Waals surface area contributed by atoms with Crippen LogP contribution in [0.4, 0.5) is 16.5 Å². The van der Waals surface area contributed by atoms with Crippen molar-refractivity contribution in [2.75, 3.05) is 29.9 Å². The second-order valence-corrected chi connectivity index (χ2v) is 5.60. The van der Waals surface area contributed by atoms with Gasteiger partial charge in [0.2, 0.25) is 5.13 Å². The van der Waals surface area contributed by atoms with E-state index in [2.05, 4.69) is 51.3 Å². The number of nitrogens with one attached hydrogen (secondary N) is 1. The van der Waals surface area contributed by atoms with Gasteiger partial charge in [0.15, 0.2) is 3.95 Å². The molecule has 1 aliphatic heterocycles. The quantitative estimate of drug-likeness (QED) is 0.803. The zero-order chi connectivity index (χ0) is 11.8. The number of fused-ring (bicyclic) bond motifs is 1. The van der Waals surface area contributed by atoms with Crippen molar-refractivity contribution >= 4 is 40.1 Å². The van der Waals surface area contributed by atoms with Crippen LogP contribution >= 0.6 is 23.6 Å². The van der Waals surface area contributed by atoms with Gasteiger partial charge in [-0.25, -0.2) is 0 Å². The first kappa shape index (κ1) is 10.7. The smallest absolute Gasteiger partial charge is 0.211 e. The number of hydrogen-bond donors (Lipinski definition) is 1. The number of nitrogens with zero attached hydrogens (tertiary/aromatic N) is 3. The monoisotopic (exact) mass is 264 g/mol. The standard InChI is InChI=1S/C11H12N4S2/c1-14-6-7-15(10-12-13-11(16)17-10)9-5-3-2-4-8(9)14/h2-5H,6-7H2,1H3,(H,13,16). The maximum Gasteiger partial charge on any atom is 0.211 e. The molecule has 0 radical (unpaired) electrons. The van der Waals surface area contributed by atoms with Crippen LogP contribution in [0.15, 0.2) is 24.3 Å². The molecule has 88 valence electrons. The summed E-state index contributed by atoms with van der Waals surface area (Å²) >= 11 is 6.60. The van der Waals surface area contributed by atoms with Crippen molar-refractivity contribution in [2.45, 2.75) is 0 Å². The van der Waals surface area contributed by atoms with Gasteiger partial charge in [0.05, 0.1) is 11.4 Å². The molecular formula is C11H12N4S2. The van der Waals surface area contributed by atoms with E-state index in [1.165, 1.54) is 22.7 Å². The van der Waals surface area contributed by atoms with Crippen molar-refractivity contribution < 1.29 is 0 Å². The van der Waals surface area contributed by atoms with E-state index < -0.39 is 0 Å². The fraction of sp³-hybridized carbons (Fsp3) is 0.273. The summed E-state index contributed by atoms with van der Waals surface area (Å²) in [7, 11) is 2.11. The molecule has 0 fully saturated rings. The number of aromatic amines is 1. The Labute approximate surface area is 109 Å². The molecule has 0 saturated heterocycles. The van der Waals surface area contributed by atoms with Crippen molar-refractivity contribution in [3.8, 4) is 0 Å². The number of likely N-dealkylation sites (N-methyl/N-ethyl adjacent to an activating group) is 1. The highest BCUT2D eigenvalue weighted by molar-refractivity contribution is 7.73. The van der Waals surface area contributed by atoms with E-state index in [0.29, 0.717) is 0 Å². The molecule has 3 rings (SSSR count). The predicted octanol–water partition coefficient (Wildman–Crippen LogP) is 2.79. The van der Waals surface area contributed by atoms with Gasteiger partial charge in [-0.05, 0) is 24.4 Å². The maximum atomic E-state index is 5.09. The van der Waals surface area contributed by atoms with Gasteiger partial charge < -0.3 is 9.80 Å². The Morgan fingerprint density at radius 1 is 1.29 bits per heavy atom. The number of anilines is 3. The lowest BCUT2D eigenvalue weighted by Crippen LogP contribution is -2.36. The Balaban J connectivity index is 2.09. The molecule has 0 unspecified atom stereocenters. The first-order valence-corrected chi connectivity index (χ1v) is 6.61. The van der Waals surface area contributed by atoms with Crippen LogP contribution in [0.25, 0.3) is 0 Å². The molecule has 17 heavy (non-hydrogen) atoms. The van der Waals surface area contributed by atoms with E-state index in [-0.39, 0.29) is 0 Å². The molecule has 0 saturated carbocycles. The largest absolute Gasteiger partial charge is 0.371 e. The zero-order valence-electron chi connectivity index (χ0n) is 9.38. The highest BCUT2D eigenvalue weighted by Gasteiger charge is 2.22. The SMILES string of the molecule is CN1CCN(c2n[nH]c(=S)s2)c2ccccc21. The van der Waals surface area contributed by atoms with Crippen molar-refractivity contribution in [1.29, 1.82) is 0 Å². The lowest BCUT2D eigenvalue weighted by atomic mass is 10.2. The minimum Gasteiger partial charge on any atom is -0.371 e. The van der Waals surface area contributed by atoms with E-state index >= 15 is 0 Å². The van der Waals surface area contributed by atoms with Crippen LogP contribution in [0.1, 0.15) is 0 Å². The summed E-state index contributed by atoms with van der Waals surface area (Å²) in [5.74, 6) is 0. The highest BCUT2D eigenvalue weighted by Crippen LogP contribution is 2.37. The van der Waals surface area contributed by atoms with Crippen molar-refractivity contribution in [3.63, 3.8) is 0 Å². The average molecular weight is 264 g/mol. The van der Waals surface area contributed by atoms with Gasteiger partial charge in [0, 0.05) is 20.1 Å². The molecule has 1 aromatic heterocycles. The lowest BCUT2D eigenvalue weighted by Gasteiger charge is -2.35. The van der Waals surface area contributed by atoms with Crippen LogP contribution in [0, 0.1) is 3.95 Å². The number of H-pyrrole nitrogens is 1. The number of rotatable bonds is 1. The van der Waals surface area contributed by atoms with E-state index in [0.717, 1.165) is 22.2 Å². The number of benzene rings is 1. The zero-order valence-corrected chi connectivity index (χ0v) is 11.0. The van der Waals surface area contributed by atoms with Gasteiger partial charge in [0.1, 0.15) is 0 Å². The second-order valence-electron chi connectivity index (χ2n) is 3.96. The molecule has 2 heterocycles. The molecule has 1 aliphatic rings. The van der Waals surface area contributed by atoms with Gasteiger partial charge in [-0.3, -0.25) is 5.10 Å². The van der Waals surface area contributed by atoms with E-state index in [9.17, 15) is 0 Å². The molecule has 1 N–H and O–H groups in total. The van der Waals surface area contributed by atoms with Crippen LogP contribution in [0.5, 0.6) is 0 Å². The Morgan fingerprint density at radius 3 is 2.76 bits per heavy atom. The minimum absolute atomic E-state index is 0.719. The average Bonchev–Trinajstić information content (AvgIpc) is 2.77. The highest BCUT2D eigenvalue weighted by atomic mass is 32.1. The molecular weight excluding hydrogens is 252 g/mol. The second kappa shape index (κ2) is 4.12. The summed E-state index contributed by atoms with van der Waals surface area (Å²) in [6, 6.07) is 8.37. The molecule has 1 aromatic carbocycles. The number of para-hydroxylation sites is 2. The fourth-order valence-electron chi connectivity index (χ4n) is 2.04. The van der Waals surface area contributed by atoms with Crippen molar-refractivity contribution in [2.24, 2.45) is 0 Å². The first-order chi connectivity index (χ1) is 8.25. The van der Waals surface area contributed by atoms with Crippen LogP contribution in [0.3, 0.4) is 0 Å². The van der Waals surface area contributed by atoms with Crippen LogP contribution in [-0.4, -0.2) is 30.3 Å². The lowest BCUT2D eigenvalue weighted by molar-refractivity contribution is 0.814. The topological polar surface area (TPSA) is 35.2 Å². The summed E-state index contributed by atoms with van der Waals surface area (Å²) in [6.07, 6.45) is 0. The first-order valence-electron chi connectivity index (χ1n) is 5.39. The van der Waals surface area contributed by atoms with E-state index in [1.54, 1.807) is 0 Å². The third-order valence-corrected chi connectivity index (χ3v) is 4.01. The summed E-state index contributed by atoms with van der Waals surface area (Å²) in [4.78, 5) is 4.48. The van der Waals surface area contributed by atoms with Gasteiger partial charge in [-0.15, -0.1) is 5.10 Å². The Bertz CT molecular complexity index is 589. The van der Waals surface area contributed by atoms with Gasteiger partial charge in [0.25, 0.3) is 0 Å². The minimum atomic E-state index is 0.719. The van der Waals surface area contributed by atoms with E-state index in [1.807, 2.05) is 0 Å². The van der Waals surface area contributed by atoms with Crippen LogP contribution in [0.2, 0.25) is 0 Å². The van der Waals surface area contributed by atoms with Gasteiger partial charge >= 0.3 is 0 Å². The molecule has 4 nitrogen and oxygen atoms in total. The molecule has 0 amide bonds. The number of hydrogen-bond acceptors (Lipinski definition) is 5. The normalized spacial score (nSPS) is 14.9. The maximum absolute atomic E-state index is 5.09. The summed E-state index contributed by atoms with van der Waals surface area (Å²) in [6.45, 7) is 1.92. The van der Waals surface area contributed by atoms with Gasteiger partial charge in [-0.2, -0.15) is 0 Å². The van der Waals surface area contributed by atoms with Crippen molar-refractivity contribution in [3.05, 3.63) is 28.2 Å². The molecule has 2 aromatic rings. The molecule has 0 aliphatic carbocycles. The Hall–Kier alpha value is -1.40.